The molecule has 0 aliphatic rings. The van der Waals surface area contributed by atoms with Gasteiger partial charge in [-0.2, -0.15) is 0 Å². The second-order valence-electron chi connectivity index (χ2n) is 3.15. The molecule has 5 heteroatoms. The Balaban J connectivity index is 0. The van der Waals surface area contributed by atoms with Crippen LogP contribution in [0, 0.1) is 0 Å². The summed E-state index contributed by atoms with van der Waals surface area (Å²) in [6, 6.07) is 0. The minimum absolute atomic E-state index is 0.0938. The molecule has 0 saturated carbocycles. The number of hydrogen-bond acceptors (Lipinski definition) is 5. The van der Waals surface area contributed by atoms with E-state index in [0.717, 1.165) is 0 Å². The zero-order valence-electron chi connectivity index (χ0n) is 9.81. The van der Waals surface area contributed by atoms with Gasteiger partial charge in [0.05, 0.1) is 6.61 Å². The number of esters is 1. The normalized spacial score (nSPS) is 9.00. The molecule has 0 rings (SSSR count). The Labute approximate surface area is 96.4 Å². The summed E-state index contributed by atoms with van der Waals surface area (Å²) in [6.07, 6.45) is 1.87. The molecular weight excluding hydrogens is 212 g/mol. The molecule has 0 unspecified atom stereocenters. The minimum Gasteiger partial charge on any atom is -0.462 e. The van der Waals surface area contributed by atoms with Gasteiger partial charge in [0.1, 0.15) is 0 Å². The monoisotopic (exact) mass is 234 g/mol. The predicted octanol–water partition coefficient (Wildman–Crippen LogP) is 0.239. The molecule has 16 heavy (non-hydrogen) atoms. The molecule has 0 heterocycles. The van der Waals surface area contributed by atoms with Crippen LogP contribution in [0.2, 0.25) is 0 Å². The van der Waals surface area contributed by atoms with Gasteiger partial charge in [-0.3, -0.25) is 0 Å². The van der Waals surface area contributed by atoms with Gasteiger partial charge in [-0.05, 0) is 26.2 Å². The second-order valence-corrected chi connectivity index (χ2v) is 3.15. The summed E-state index contributed by atoms with van der Waals surface area (Å²) in [5.74, 6) is -0.358. The molecule has 0 aromatic carbocycles. The predicted molar refractivity (Wildman–Crippen MR) is 60.9 cm³/mol. The molecule has 0 atom stereocenters. The van der Waals surface area contributed by atoms with Crippen LogP contribution in [0.25, 0.3) is 0 Å². The van der Waals surface area contributed by atoms with Gasteiger partial charge in [-0.1, -0.05) is 6.58 Å². The van der Waals surface area contributed by atoms with E-state index in [2.05, 4.69) is 6.58 Å². The van der Waals surface area contributed by atoms with Gasteiger partial charge in [-0.25, -0.2) is 4.79 Å². The van der Waals surface area contributed by atoms with Crippen molar-refractivity contribution in [3.05, 3.63) is 12.2 Å². The largest absolute Gasteiger partial charge is 0.462 e. The molecule has 0 fully saturated rings. The van der Waals surface area contributed by atoms with Crippen LogP contribution < -0.4 is 0 Å². The highest BCUT2D eigenvalue weighted by Crippen LogP contribution is 1.94. The van der Waals surface area contributed by atoms with Gasteiger partial charge in [-0.15, -0.1) is 0 Å². The molecule has 96 valence electrons. The van der Waals surface area contributed by atoms with Crippen LogP contribution in [0.3, 0.4) is 0 Å². The van der Waals surface area contributed by atoms with Crippen molar-refractivity contribution in [3.63, 3.8) is 0 Å². The van der Waals surface area contributed by atoms with E-state index in [1.54, 1.807) is 6.92 Å². The summed E-state index contributed by atoms with van der Waals surface area (Å²) in [5.41, 5.74) is 0.411. The highest BCUT2D eigenvalue weighted by Gasteiger charge is 2.00. The molecule has 0 radical (unpaired) electrons. The van der Waals surface area contributed by atoms with Crippen molar-refractivity contribution < 1.29 is 24.9 Å². The highest BCUT2D eigenvalue weighted by atomic mass is 16.5. The fourth-order valence-electron chi connectivity index (χ4n) is 0.573. The lowest BCUT2D eigenvalue weighted by molar-refractivity contribution is -0.139. The zero-order valence-corrected chi connectivity index (χ0v) is 9.81. The van der Waals surface area contributed by atoms with Gasteiger partial charge < -0.3 is 20.1 Å². The van der Waals surface area contributed by atoms with E-state index in [0.29, 0.717) is 31.4 Å². The minimum atomic E-state index is -0.358. The molecule has 3 N–H and O–H groups in total. The van der Waals surface area contributed by atoms with Crippen molar-refractivity contribution >= 4 is 5.97 Å². The Hall–Kier alpha value is -0.910. The third kappa shape index (κ3) is 15.6. The number of unbranched alkanes of at least 4 members (excludes halogenated alkanes) is 1. The quantitative estimate of drug-likeness (QED) is 0.334. The van der Waals surface area contributed by atoms with E-state index >= 15 is 0 Å². The van der Waals surface area contributed by atoms with Crippen LogP contribution in [0.1, 0.15) is 26.2 Å². The van der Waals surface area contributed by atoms with Crippen molar-refractivity contribution in [1.29, 1.82) is 0 Å². The maximum absolute atomic E-state index is 10.7. The lowest BCUT2D eigenvalue weighted by Gasteiger charge is -2.01. The number of aliphatic hydroxyl groups is 3. The summed E-state index contributed by atoms with van der Waals surface area (Å²) in [5, 5.41) is 24.2. The summed E-state index contributed by atoms with van der Waals surface area (Å²) >= 11 is 0. The number of hydrogen-bond donors (Lipinski definition) is 3. The Morgan fingerprint density at radius 2 is 1.56 bits per heavy atom. The lowest BCUT2D eigenvalue weighted by Crippen LogP contribution is -2.06. The number of carbonyl (C=O) groups excluding carboxylic acids is 1. The Morgan fingerprint density at radius 1 is 1.06 bits per heavy atom. The third-order valence-corrected chi connectivity index (χ3v) is 1.45. The van der Waals surface area contributed by atoms with Gasteiger partial charge in [0.15, 0.2) is 0 Å². The maximum atomic E-state index is 10.7. The van der Waals surface area contributed by atoms with E-state index in [1.807, 2.05) is 0 Å². The van der Waals surface area contributed by atoms with E-state index in [9.17, 15) is 4.79 Å². The first-order valence-electron chi connectivity index (χ1n) is 5.25. The van der Waals surface area contributed by atoms with Crippen molar-refractivity contribution in [3.8, 4) is 0 Å². The van der Waals surface area contributed by atoms with Crippen LogP contribution in [0.15, 0.2) is 12.2 Å². The second kappa shape index (κ2) is 14.1. The van der Waals surface area contributed by atoms with Crippen molar-refractivity contribution in [2.75, 3.05) is 26.4 Å². The first-order chi connectivity index (χ1) is 7.59. The topological polar surface area (TPSA) is 87.0 Å². The summed E-state index contributed by atoms with van der Waals surface area (Å²) in [7, 11) is 0. The summed E-state index contributed by atoms with van der Waals surface area (Å²) in [6.45, 7) is 5.73. The maximum Gasteiger partial charge on any atom is 0.333 e. The van der Waals surface area contributed by atoms with Crippen molar-refractivity contribution in [2.45, 2.75) is 26.2 Å². The van der Waals surface area contributed by atoms with Gasteiger partial charge in [0, 0.05) is 25.4 Å². The Bertz CT molecular complexity index is 177. The SMILES string of the molecule is C=C(C)C(=O)OCCCCO.OCCCO. The molecule has 0 aromatic heterocycles. The molecular formula is C11H22O5. The van der Waals surface area contributed by atoms with Crippen molar-refractivity contribution in [1.82, 2.24) is 0 Å². The van der Waals surface area contributed by atoms with Crippen LogP contribution >= 0.6 is 0 Å². The third-order valence-electron chi connectivity index (χ3n) is 1.45. The van der Waals surface area contributed by atoms with Gasteiger partial charge >= 0.3 is 5.97 Å². The van der Waals surface area contributed by atoms with Crippen molar-refractivity contribution in [2.24, 2.45) is 0 Å². The van der Waals surface area contributed by atoms with Crippen LogP contribution in [-0.4, -0.2) is 47.7 Å². The fourth-order valence-corrected chi connectivity index (χ4v) is 0.573. The first-order valence-corrected chi connectivity index (χ1v) is 5.25. The molecule has 0 aromatic rings. The van der Waals surface area contributed by atoms with Crippen LogP contribution in [0.5, 0.6) is 0 Å². The summed E-state index contributed by atoms with van der Waals surface area (Å²) < 4.78 is 4.76. The molecule has 0 bridgehead atoms. The fraction of sp³-hybridized carbons (Fsp3) is 0.727. The lowest BCUT2D eigenvalue weighted by atomic mass is 10.3. The van der Waals surface area contributed by atoms with Gasteiger partial charge in [0.25, 0.3) is 0 Å². The number of rotatable bonds is 7. The smallest absolute Gasteiger partial charge is 0.333 e. The van der Waals surface area contributed by atoms with E-state index in [-0.39, 0.29) is 25.8 Å². The molecule has 0 aliphatic carbocycles. The average molecular weight is 234 g/mol. The van der Waals surface area contributed by atoms with E-state index < -0.39 is 0 Å². The summed E-state index contributed by atoms with van der Waals surface area (Å²) in [4.78, 5) is 10.7. The van der Waals surface area contributed by atoms with Crippen LogP contribution in [-0.2, 0) is 9.53 Å². The molecule has 5 nitrogen and oxygen atoms in total. The van der Waals surface area contributed by atoms with E-state index in [4.69, 9.17) is 20.1 Å². The van der Waals surface area contributed by atoms with Gasteiger partial charge in [0.2, 0.25) is 0 Å². The molecule has 0 amide bonds. The zero-order chi connectivity index (χ0) is 12.8. The van der Waals surface area contributed by atoms with E-state index in [1.165, 1.54) is 0 Å². The number of carbonyl (C=O) groups is 1. The number of ether oxygens (including phenoxy) is 1. The molecule has 0 aliphatic heterocycles. The average Bonchev–Trinajstić information content (AvgIpc) is 2.26. The highest BCUT2D eigenvalue weighted by molar-refractivity contribution is 5.86. The first kappa shape index (κ1) is 17.5. The molecule has 0 spiro atoms. The number of aliphatic hydroxyl groups excluding tert-OH is 3. The van der Waals surface area contributed by atoms with Crippen LogP contribution in [0.4, 0.5) is 0 Å². The Morgan fingerprint density at radius 3 is 1.88 bits per heavy atom. The Kier molecular flexibility index (Phi) is 15.4. The standard InChI is InChI=1S/C8H14O3.C3H8O2/c1-7(2)8(10)11-6-4-3-5-9;4-2-1-3-5/h9H,1,3-6H2,2H3;4-5H,1-3H2. The molecule has 0 saturated heterocycles.